The van der Waals surface area contributed by atoms with Gasteiger partial charge in [-0.3, -0.25) is 15.3 Å². The van der Waals surface area contributed by atoms with E-state index in [4.69, 9.17) is 22.7 Å². The van der Waals surface area contributed by atoms with Crippen LogP contribution in [0.4, 0.5) is 5.69 Å². The van der Waals surface area contributed by atoms with E-state index < -0.39 is 0 Å². The first kappa shape index (κ1) is 21.6. The summed E-state index contributed by atoms with van der Waals surface area (Å²) in [6.45, 7) is 6.37. The number of carbonyl (C=O) groups is 1. The lowest BCUT2D eigenvalue weighted by molar-refractivity contribution is -0.118. The van der Waals surface area contributed by atoms with Crippen LogP contribution < -0.4 is 15.9 Å². The second kappa shape index (κ2) is 9.58. The molecule has 0 aliphatic heterocycles. The summed E-state index contributed by atoms with van der Waals surface area (Å²) in [5, 5.41) is 6.85. The first-order valence-corrected chi connectivity index (χ1v) is 10.3. The van der Waals surface area contributed by atoms with Crippen molar-refractivity contribution in [1.29, 1.82) is 0 Å². The minimum atomic E-state index is -0.347. The number of rotatable bonds is 8. The highest BCUT2D eigenvalue weighted by Gasteiger charge is 2.18. The maximum absolute atomic E-state index is 12.8. The van der Waals surface area contributed by atoms with Crippen molar-refractivity contribution >= 4 is 23.8 Å². The molecule has 158 valence electrons. The second-order valence-corrected chi connectivity index (χ2v) is 8.06. The Balaban J connectivity index is 1.66. The van der Waals surface area contributed by atoms with Crippen LogP contribution in [0.3, 0.4) is 0 Å². The molecule has 0 spiro atoms. The Hall–Kier alpha value is -3.13. The van der Waals surface area contributed by atoms with Crippen LogP contribution in [0, 0.1) is 10.7 Å². The topological polar surface area (TPSA) is 98.0 Å². The number of ether oxygens (including phenoxy) is 1. The quantitative estimate of drug-likeness (QED) is 0.372. The fourth-order valence-corrected chi connectivity index (χ4v) is 3.22. The average molecular weight is 426 g/mol. The molecule has 0 bridgehead atoms. The highest BCUT2D eigenvalue weighted by molar-refractivity contribution is 7.71. The summed E-state index contributed by atoms with van der Waals surface area (Å²) in [6.07, 6.45) is 1.02. The molecule has 8 heteroatoms. The number of anilines is 1. The van der Waals surface area contributed by atoms with E-state index in [0.29, 0.717) is 28.0 Å². The van der Waals surface area contributed by atoms with E-state index in [1.807, 2.05) is 19.1 Å². The Morgan fingerprint density at radius 3 is 2.47 bits per heavy atom. The summed E-state index contributed by atoms with van der Waals surface area (Å²) in [6, 6.07) is 15.2. The number of amides is 1. The first-order valence-electron chi connectivity index (χ1n) is 9.88. The van der Waals surface area contributed by atoms with Gasteiger partial charge in [-0.25, -0.2) is 4.68 Å². The fourth-order valence-electron chi connectivity index (χ4n) is 3.03. The number of nitrogens with zero attached hydrogens (tertiary/aromatic N) is 2. The standard InChI is InChI=1S/C22H27N5O2S/c1-14(2)12-16-4-6-17(7-5-16)15(3)21(28)26-27-20(24-25-22(27)30)13-29-19-10-8-18(23)9-11-19/h4-11,14-15H,12-13,23H2,1-3H3,(H,25,30)(H,26,28). The highest BCUT2D eigenvalue weighted by atomic mass is 32.1. The lowest BCUT2D eigenvalue weighted by atomic mass is 9.96. The second-order valence-electron chi connectivity index (χ2n) is 7.68. The number of nitrogens with two attached hydrogens (primary N) is 1. The van der Waals surface area contributed by atoms with Crippen LogP contribution >= 0.6 is 12.2 Å². The SMILES string of the molecule is CC(C)Cc1ccc(C(C)C(=O)Nn2c(COc3ccc(N)cc3)n[nH]c2=S)cc1. The maximum Gasteiger partial charge on any atom is 0.246 e. The minimum absolute atomic E-state index is 0.135. The van der Waals surface area contributed by atoms with E-state index >= 15 is 0 Å². The molecule has 1 unspecified atom stereocenters. The van der Waals surface area contributed by atoms with E-state index in [1.54, 1.807) is 24.3 Å². The normalized spacial score (nSPS) is 12.0. The van der Waals surface area contributed by atoms with E-state index in [1.165, 1.54) is 10.2 Å². The van der Waals surface area contributed by atoms with Crippen molar-refractivity contribution in [2.24, 2.45) is 5.92 Å². The zero-order valence-electron chi connectivity index (χ0n) is 17.4. The predicted molar refractivity (Wildman–Crippen MR) is 120 cm³/mol. The van der Waals surface area contributed by atoms with Crippen molar-refractivity contribution in [3.8, 4) is 5.75 Å². The number of nitrogens with one attached hydrogen (secondary N) is 2. The number of aromatic nitrogens is 3. The molecule has 3 rings (SSSR count). The zero-order valence-corrected chi connectivity index (χ0v) is 18.2. The highest BCUT2D eigenvalue weighted by Crippen LogP contribution is 2.19. The Morgan fingerprint density at radius 1 is 1.17 bits per heavy atom. The number of benzene rings is 2. The van der Waals surface area contributed by atoms with Gasteiger partial charge in [0.15, 0.2) is 5.82 Å². The van der Waals surface area contributed by atoms with Gasteiger partial charge >= 0.3 is 0 Å². The van der Waals surface area contributed by atoms with E-state index in [-0.39, 0.29) is 18.4 Å². The summed E-state index contributed by atoms with van der Waals surface area (Å²) in [7, 11) is 0. The molecule has 1 atom stereocenters. The van der Waals surface area contributed by atoms with E-state index in [9.17, 15) is 4.79 Å². The van der Waals surface area contributed by atoms with Gasteiger partial charge in [-0.05, 0) is 66.9 Å². The molecule has 0 saturated carbocycles. The van der Waals surface area contributed by atoms with Gasteiger partial charge in [-0.2, -0.15) is 5.10 Å². The van der Waals surface area contributed by atoms with Crippen molar-refractivity contribution in [1.82, 2.24) is 14.9 Å². The molecule has 0 aliphatic carbocycles. The average Bonchev–Trinajstić information content (AvgIpc) is 3.06. The molecule has 0 saturated heterocycles. The molecule has 0 radical (unpaired) electrons. The van der Waals surface area contributed by atoms with Crippen LogP contribution in [0.15, 0.2) is 48.5 Å². The predicted octanol–water partition coefficient (Wildman–Crippen LogP) is 4.17. The van der Waals surface area contributed by atoms with Crippen LogP contribution in [-0.4, -0.2) is 20.8 Å². The number of hydrogen-bond acceptors (Lipinski definition) is 5. The first-order chi connectivity index (χ1) is 14.3. The van der Waals surface area contributed by atoms with Crippen LogP contribution in [0.1, 0.15) is 43.6 Å². The van der Waals surface area contributed by atoms with Gasteiger partial charge < -0.3 is 10.5 Å². The summed E-state index contributed by atoms with van der Waals surface area (Å²) >= 11 is 5.26. The van der Waals surface area contributed by atoms with Crippen molar-refractivity contribution < 1.29 is 9.53 Å². The molecule has 2 aromatic carbocycles. The molecule has 1 heterocycles. The third-order valence-corrected chi connectivity index (χ3v) is 5.00. The third kappa shape index (κ3) is 5.48. The van der Waals surface area contributed by atoms with Crippen LogP contribution in [-0.2, 0) is 17.8 Å². The van der Waals surface area contributed by atoms with Gasteiger partial charge in [0.05, 0.1) is 5.92 Å². The monoisotopic (exact) mass is 425 g/mol. The molecular formula is C22H27N5O2S. The van der Waals surface area contributed by atoms with Gasteiger partial charge in [0.1, 0.15) is 12.4 Å². The van der Waals surface area contributed by atoms with Gasteiger partial charge in [-0.15, -0.1) is 0 Å². The van der Waals surface area contributed by atoms with E-state index in [2.05, 4.69) is 41.6 Å². The third-order valence-electron chi connectivity index (χ3n) is 4.73. The van der Waals surface area contributed by atoms with Gasteiger partial charge in [0.25, 0.3) is 0 Å². The smallest absolute Gasteiger partial charge is 0.246 e. The summed E-state index contributed by atoms with van der Waals surface area (Å²) < 4.78 is 7.45. The number of nitrogen functional groups attached to an aromatic ring is 1. The maximum atomic E-state index is 12.8. The molecule has 3 aromatic rings. The van der Waals surface area contributed by atoms with Crippen molar-refractivity contribution in [2.75, 3.05) is 11.2 Å². The summed E-state index contributed by atoms with van der Waals surface area (Å²) in [5.41, 5.74) is 11.4. The summed E-state index contributed by atoms with van der Waals surface area (Å²) in [5.74, 6) is 1.17. The molecule has 0 fully saturated rings. The van der Waals surface area contributed by atoms with Crippen molar-refractivity contribution in [3.05, 3.63) is 70.3 Å². The Morgan fingerprint density at radius 2 is 1.83 bits per heavy atom. The largest absolute Gasteiger partial charge is 0.486 e. The Kier molecular flexibility index (Phi) is 6.89. The van der Waals surface area contributed by atoms with Crippen LogP contribution in [0.2, 0.25) is 0 Å². The van der Waals surface area contributed by atoms with Crippen LogP contribution in [0.25, 0.3) is 0 Å². The molecular weight excluding hydrogens is 398 g/mol. The molecule has 1 amide bonds. The van der Waals surface area contributed by atoms with Crippen molar-refractivity contribution in [3.63, 3.8) is 0 Å². The van der Waals surface area contributed by atoms with Crippen molar-refractivity contribution in [2.45, 2.75) is 39.7 Å². The molecule has 1 aromatic heterocycles. The fraction of sp³-hybridized carbons (Fsp3) is 0.318. The molecule has 30 heavy (non-hydrogen) atoms. The molecule has 0 aliphatic rings. The number of carbonyl (C=O) groups excluding carboxylic acids is 1. The number of aromatic amines is 1. The van der Waals surface area contributed by atoms with Gasteiger partial charge in [-0.1, -0.05) is 38.1 Å². The van der Waals surface area contributed by atoms with Gasteiger partial charge in [0.2, 0.25) is 10.7 Å². The molecule has 7 nitrogen and oxygen atoms in total. The van der Waals surface area contributed by atoms with E-state index in [0.717, 1.165) is 12.0 Å². The number of H-pyrrole nitrogens is 1. The minimum Gasteiger partial charge on any atom is -0.486 e. The molecule has 4 N–H and O–H groups in total. The zero-order chi connectivity index (χ0) is 21.7. The van der Waals surface area contributed by atoms with Gasteiger partial charge in [0, 0.05) is 5.69 Å². The lowest BCUT2D eigenvalue weighted by Gasteiger charge is -2.15. The Bertz CT molecular complexity index is 1040. The number of hydrogen-bond donors (Lipinski definition) is 3. The lowest BCUT2D eigenvalue weighted by Crippen LogP contribution is -2.29. The Labute approximate surface area is 181 Å². The van der Waals surface area contributed by atoms with Crippen LogP contribution in [0.5, 0.6) is 5.75 Å². The summed E-state index contributed by atoms with van der Waals surface area (Å²) in [4.78, 5) is 12.8.